The molecule has 0 bridgehead atoms. The molecule has 0 spiro atoms. The van der Waals surface area contributed by atoms with E-state index in [4.69, 9.17) is 11.0 Å². The van der Waals surface area contributed by atoms with Gasteiger partial charge in [0, 0.05) is 5.69 Å². The SMILES string of the molecule is CC(C)[C@](C)(C#N)NC(=O)CNc1ccc(C(N)=O)c(F)c1. The zero-order chi connectivity index (χ0) is 16.9. The molecule has 22 heavy (non-hydrogen) atoms. The van der Waals surface area contributed by atoms with E-state index >= 15 is 0 Å². The van der Waals surface area contributed by atoms with Gasteiger partial charge in [-0.1, -0.05) is 13.8 Å². The van der Waals surface area contributed by atoms with E-state index < -0.39 is 23.2 Å². The average molecular weight is 306 g/mol. The van der Waals surface area contributed by atoms with Crippen molar-refractivity contribution in [1.82, 2.24) is 5.32 Å². The van der Waals surface area contributed by atoms with E-state index in [2.05, 4.69) is 16.7 Å². The van der Waals surface area contributed by atoms with Gasteiger partial charge < -0.3 is 16.4 Å². The van der Waals surface area contributed by atoms with E-state index in [1.54, 1.807) is 6.92 Å². The van der Waals surface area contributed by atoms with E-state index in [1.165, 1.54) is 12.1 Å². The van der Waals surface area contributed by atoms with Crippen LogP contribution in [0.5, 0.6) is 0 Å². The van der Waals surface area contributed by atoms with E-state index in [-0.39, 0.29) is 18.0 Å². The van der Waals surface area contributed by atoms with Crippen molar-refractivity contribution in [2.24, 2.45) is 11.7 Å². The largest absolute Gasteiger partial charge is 0.376 e. The van der Waals surface area contributed by atoms with Crippen molar-refractivity contribution in [1.29, 1.82) is 5.26 Å². The van der Waals surface area contributed by atoms with Crippen LogP contribution >= 0.6 is 0 Å². The number of nitrogens with one attached hydrogen (secondary N) is 2. The van der Waals surface area contributed by atoms with Gasteiger partial charge in [0.1, 0.15) is 11.4 Å². The van der Waals surface area contributed by atoms with Gasteiger partial charge in [0.25, 0.3) is 5.91 Å². The quantitative estimate of drug-likeness (QED) is 0.738. The lowest BCUT2D eigenvalue weighted by atomic mass is 9.90. The van der Waals surface area contributed by atoms with Crippen molar-refractivity contribution in [3.63, 3.8) is 0 Å². The maximum atomic E-state index is 13.6. The molecule has 0 radical (unpaired) electrons. The van der Waals surface area contributed by atoms with Crippen LogP contribution in [-0.4, -0.2) is 23.9 Å². The van der Waals surface area contributed by atoms with Gasteiger partial charge >= 0.3 is 0 Å². The van der Waals surface area contributed by atoms with Crippen LogP contribution in [0.4, 0.5) is 10.1 Å². The maximum absolute atomic E-state index is 13.6. The van der Waals surface area contributed by atoms with Gasteiger partial charge in [-0.3, -0.25) is 9.59 Å². The molecule has 6 nitrogen and oxygen atoms in total. The second-order valence-corrected chi connectivity index (χ2v) is 5.43. The topological polar surface area (TPSA) is 108 Å². The molecule has 1 aromatic rings. The Balaban J connectivity index is 2.67. The Morgan fingerprint density at radius 1 is 1.45 bits per heavy atom. The summed E-state index contributed by atoms with van der Waals surface area (Å²) in [6, 6.07) is 5.84. The molecule has 0 unspecified atom stereocenters. The molecule has 4 N–H and O–H groups in total. The number of nitrogens with two attached hydrogens (primary N) is 1. The number of nitriles is 1. The summed E-state index contributed by atoms with van der Waals surface area (Å²) in [6.45, 7) is 5.17. The van der Waals surface area contributed by atoms with Gasteiger partial charge in [-0.2, -0.15) is 5.26 Å². The molecule has 1 rings (SSSR count). The highest BCUT2D eigenvalue weighted by Gasteiger charge is 2.29. The number of anilines is 1. The highest BCUT2D eigenvalue weighted by atomic mass is 19.1. The van der Waals surface area contributed by atoms with Crippen molar-refractivity contribution in [3.8, 4) is 6.07 Å². The predicted molar refractivity (Wildman–Crippen MR) is 80.4 cm³/mol. The predicted octanol–water partition coefficient (Wildman–Crippen LogP) is 1.39. The third-order valence-electron chi connectivity index (χ3n) is 3.47. The molecule has 0 aliphatic carbocycles. The fourth-order valence-electron chi connectivity index (χ4n) is 1.64. The maximum Gasteiger partial charge on any atom is 0.251 e. The third-order valence-corrected chi connectivity index (χ3v) is 3.47. The minimum atomic E-state index is -0.972. The number of primary amides is 1. The van der Waals surface area contributed by atoms with Gasteiger partial charge in [-0.25, -0.2) is 4.39 Å². The van der Waals surface area contributed by atoms with Gasteiger partial charge in [-0.15, -0.1) is 0 Å². The van der Waals surface area contributed by atoms with Crippen molar-refractivity contribution < 1.29 is 14.0 Å². The zero-order valence-electron chi connectivity index (χ0n) is 12.7. The van der Waals surface area contributed by atoms with Crippen LogP contribution in [0, 0.1) is 23.1 Å². The fourth-order valence-corrected chi connectivity index (χ4v) is 1.64. The van der Waals surface area contributed by atoms with E-state index in [1.807, 2.05) is 13.8 Å². The molecule has 0 aromatic heterocycles. The highest BCUT2D eigenvalue weighted by molar-refractivity contribution is 5.93. The fraction of sp³-hybridized carbons (Fsp3) is 0.400. The molecule has 0 heterocycles. The lowest BCUT2D eigenvalue weighted by Crippen LogP contribution is -2.50. The van der Waals surface area contributed by atoms with Gasteiger partial charge in [0.2, 0.25) is 5.91 Å². The Labute approximate surface area is 128 Å². The monoisotopic (exact) mass is 306 g/mol. The van der Waals surface area contributed by atoms with Crippen LogP contribution in [-0.2, 0) is 4.79 Å². The number of rotatable bonds is 6. The minimum absolute atomic E-state index is 0.0613. The van der Waals surface area contributed by atoms with Crippen LogP contribution in [0.1, 0.15) is 31.1 Å². The molecule has 0 saturated heterocycles. The number of carbonyl (C=O) groups is 2. The van der Waals surface area contributed by atoms with Crippen LogP contribution in [0.25, 0.3) is 0 Å². The number of amides is 2. The summed E-state index contributed by atoms with van der Waals surface area (Å²) in [4.78, 5) is 22.8. The summed E-state index contributed by atoms with van der Waals surface area (Å²) in [7, 11) is 0. The summed E-state index contributed by atoms with van der Waals surface area (Å²) >= 11 is 0. The van der Waals surface area contributed by atoms with Crippen molar-refractivity contribution in [2.75, 3.05) is 11.9 Å². The second-order valence-electron chi connectivity index (χ2n) is 5.43. The zero-order valence-corrected chi connectivity index (χ0v) is 12.7. The Morgan fingerprint density at radius 2 is 2.09 bits per heavy atom. The summed E-state index contributed by atoms with van der Waals surface area (Å²) in [5, 5.41) is 14.5. The summed E-state index contributed by atoms with van der Waals surface area (Å²) in [5.41, 5.74) is 4.15. The number of hydrogen-bond donors (Lipinski definition) is 3. The van der Waals surface area contributed by atoms with Crippen LogP contribution < -0.4 is 16.4 Å². The normalized spacial score (nSPS) is 13.1. The molecule has 118 valence electrons. The molecule has 0 aliphatic heterocycles. The molecule has 1 aromatic carbocycles. The van der Waals surface area contributed by atoms with Crippen LogP contribution in [0.15, 0.2) is 18.2 Å². The lowest BCUT2D eigenvalue weighted by Gasteiger charge is -2.27. The first-order valence-electron chi connectivity index (χ1n) is 6.75. The van der Waals surface area contributed by atoms with Gasteiger partial charge in [-0.05, 0) is 31.0 Å². The Morgan fingerprint density at radius 3 is 2.55 bits per heavy atom. The smallest absolute Gasteiger partial charge is 0.251 e. The molecule has 0 fully saturated rings. The molecule has 1 atom stereocenters. The molecule has 7 heteroatoms. The van der Waals surface area contributed by atoms with Gasteiger partial charge in [0.15, 0.2) is 0 Å². The van der Waals surface area contributed by atoms with Crippen LogP contribution in [0.3, 0.4) is 0 Å². The second kappa shape index (κ2) is 6.89. The first-order chi connectivity index (χ1) is 10.2. The van der Waals surface area contributed by atoms with E-state index in [9.17, 15) is 14.0 Å². The molecule has 0 saturated carbocycles. The standard InChI is InChI=1S/C15H19FN4O2/c1-9(2)15(3,8-17)20-13(21)7-19-10-4-5-11(14(18)22)12(16)6-10/h4-6,9,19H,7H2,1-3H3,(H2,18,22)(H,20,21)/t15-/m0/s1. The lowest BCUT2D eigenvalue weighted by molar-refractivity contribution is -0.121. The molecule has 0 aliphatic rings. The number of halogens is 1. The number of carbonyl (C=O) groups excluding carboxylic acids is 2. The first-order valence-corrected chi connectivity index (χ1v) is 6.75. The average Bonchev–Trinajstić information content (AvgIpc) is 2.44. The van der Waals surface area contributed by atoms with Crippen molar-refractivity contribution in [2.45, 2.75) is 26.3 Å². The van der Waals surface area contributed by atoms with Gasteiger partial charge in [0.05, 0.1) is 18.2 Å². The minimum Gasteiger partial charge on any atom is -0.376 e. The highest BCUT2D eigenvalue weighted by Crippen LogP contribution is 2.16. The van der Waals surface area contributed by atoms with Crippen molar-refractivity contribution >= 4 is 17.5 Å². The third kappa shape index (κ3) is 4.19. The Bertz CT molecular complexity index is 624. The van der Waals surface area contributed by atoms with E-state index in [0.717, 1.165) is 6.07 Å². The number of benzene rings is 1. The molecule has 2 amide bonds. The Kier molecular flexibility index (Phi) is 5.46. The Hall–Kier alpha value is -2.62. The van der Waals surface area contributed by atoms with E-state index in [0.29, 0.717) is 5.69 Å². The van der Waals surface area contributed by atoms with Crippen LogP contribution in [0.2, 0.25) is 0 Å². The summed E-state index contributed by atoms with van der Waals surface area (Å²) in [5.74, 6) is -2.07. The molecular weight excluding hydrogens is 287 g/mol. The molecular formula is C15H19FN4O2. The first kappa shape index (κ1) is 17.4. The van der Waals surface area contributed by atoms with Crippen molar-refractivity contribution in [3.05, 3.63) is 29.6 Å². The summed E-state index contributed by atoms with van der Waals surface area (Å²) < 4.78 is 13.6. The number of hydrogen-bond acceptors (Lipinski definition) is 4. The summed E-state index contributed by atoms with van der Waals surface area (Å²) in [6.07, 6.45) is 0. The number of nitrogens with zero attached hydrogens (tertiary/aromatic N) is 1.